The van der Waals surface area contributed by atoms with Crippen LogP contribution in [0.15, 0.2) is 41.4 Å². The van der Waals surface area contributed by atoms with Crippen LogP contribution in [0.3, 0.4) is 0 Å². The lowest BCUT2D eigenvalue weighted by Gasteiger charge is -2.33. The lowest BCUT2D eigenvalue weighted by Crippen LogP contribution is -2.40. The van der Waals surface area contributed by atoms with Crippen molar-refractivity contribution in [1.82, 2.24) is 4.98 Å². The van der Waals surface area contributed by atoms with Crippen LogP contribution in [0.1, 0.15) is 30.1 Å². The van der Waals surface area contributed by atoms with E-state index in [9.17, 15) is 27.5 Å². The van der Waals surface area contributed by atoms with Gasteiger partial charge in [-0.1, -0.05) is 0 Å². The number of esters is 1. The molecule has 1 fully saturated rings. The van der Waals surface area contributed by atoms with E-state index >= 15 is 0 Å². The minimum Gasteiger partial charge on any atom is -0.478 e. The second-order valence-corrected chi connectivity index (χ2v) is 8.68. The smallest absolute Gasteiger partial charge is 0.337 e. The van der Waals surface area contributed by atoms with E-state index in [0.29, 0.717) is 19.4 Å². The molecule has 1 aromatic heterocycles. The van der Waals surface area contributed by atoms with Crippen molar-refractivity contribution in [3.8, 4) is 0 Å². The summed E-state index contributed by atoms with van der Waals surface area (Å²) >= 11 is 0. The maximum Gasteiger partial charge on any atom is 0.337 e. The zero-order valence-electron chi connectivity index (χ0n) is 16.7. The molecule has 9 nitrogen and oxygen atoms in total. The number of carboxylic acid groups (broad SMARTS) is 1. The largest absolute Gasteiger partial charge is 0.478 e. The van der Waals surface area contributed by atoms with E-state index in [4.69, 9.17) is 4.74 Å². The van der Waals surface area contributed by atoms with E-state index in [1.54, 1.807) is 11.8 Å². The highest BCUT2D eigenvalue weighted by Crippen LogP contribution is 2.31. The van der Waals surface area contributed by atoms with Gasteiger partial charge >= 0.3 is 11.9 Å². The van der Waals surface area contributed by atoms with Gasteiger partial charge in [-0.2, -0.15) is 0 Å². The molecule has 0 saturated carbocycles. The maximum absolute atomic E-state index is 13.2. The Bertz CT molecular complexity index is 1070. The maximum atomic E-state index is 13.2. The first-order valence-electron chi connectivity index (χ1n) is 9.64. The Labute approximate surface area is 178 Å². The van der Waals surface area contributed by atoms with Crippen molar-refractivity contribution in [3.63, 3.8) is 0 Å². The number of benzene rings is 1. The fraction of sp³-hybridized carbons (Fsp3) is 0.350. The van der Waals surface area contributed by atoms with E-state index < -0.39 is 27.7 Å². The second kappa shape index (κ2) is 9.29. The van der Waals surface area contributed by atoms with Gasteiger partial charge in [-0.15, -0.1) is 0 Å². The van der Waals surface area contributed by atoms with Gasteiger partial charge in [-0.3, -0.25) is 9.52 Å². The lowest BCUT2D eigenvalue weighted by atomic mass is 9.98. The summed E-state index contributed by atoms with van der Waals surface area (Å²) in [6.07, 6.45) is 2.40. The number of nitrogens with one attached hydrogen (secondary N) is 1. The molecular formula is C20H22FN3O6S. The summed E-state index contributed by atoms with van der Waals surface area (Å²) in [6.45, 7) is 2.72. The number of aromatic nitrogens is 1. The molecule has 166 valence electrons. The first-order valence-corrected chi connectivity index (χ1v) is 11.1. The fourth-order valence-corrected chi connectivity index (χ4v) is 4.39. The summed E-state index contributed by atoms with van der Waals surface area (Å²) in [4.78, 5) is 29.2. The molecule has 0 spiro atoms. The van der Waals surface area contributed by atoms with Crippen molar-refractivity contribution in [2.45, 2.75) is 24.7 Å². The van der Waals surface area contributed by atoms with Gasteiger partial charge < -0.3 is 14.7 Å². The molecule has 2 aromatic rings. The predicted molar refractivity (Wildman–Crippen MR) is 110 cm³/mol. The number of carboxylic acids is 1. The van der Waals surface area contributed by atoms with E-state index in [2.05, 4.69) is 9.71 Å². The normalized spacial score (nSPS) is 16.6. The third-order valence-corrected chi connectivity index (χ3v) is 6.20. The zero-order chi connectivity index (χ0) is 22.6. The van der Waals surface area contributed by atoms with Crippen molar-refractivity contribution >= 4 is 33.5 Å². The van der Waals surface area contributed by atoms with Crippen molar-refractivity contribution in [2.24, 2.45) is 5.92 Å². The highest BCUT2D eigenvalue weighted by molar-refractivity contribution is 7.92. The number of sulfonamides is 1. The van der Waals surface area contributed by atoms with Crippen molar-refractivity contribution in [1.29, 1.82) is 0 Å². The first kappa shape index (κ1) is 22.5. The van der Waals surface area contributed by atoms with Gasteiger partial charge in [0.2, 0.25) is 0 Å². The van der Waals surface area contributed by atoms with Crippen LogP contribution in [0, 0.1) is 11.7 Å². The van der Waals surface area contributed by atoms with E-state index in [1.807, 2.05) is 0 Å². The standard InChI is InChI=1S/C20H22FN3O6S/c1-2-30-20(27)13-4-3-9-24(12-13)18-17(10-14(11-22-18)19(25)26)23-31(28,29)16-7-5-15(21)6-8-16/h5-8,10-11,13,23H,2-4,9,12H2,1H3,(H,25,26)/t13-/m0/s1. The summed E-state index contributed by atoms with van der Waals surface area (Å²) in [5.74, 6) is -2.42. The third-order valence-electron chi connectivity index (χ3n) is 4.82. The Balaban J connectivity index is 1.95. The summed E-state index contributed by atoms with van der Waals surface area (Å²) < 4.78 is 46.2. The topological polar surface area (TPSA) is 126 Å². The van der Waals surface area contributed by atoms with Crippen LogP contribution in [0.4, 0.5) is 15.9 Å². The molecule has 1 aliphatic rings. The average molecular weight is 451 g/mol. The number of hydrogen-bond donors (Lipinski definition) is 2. The number of pyridine rings is 1. The van der Waals surface area contributed by atoms with Gasteiger partial charge in [0.05, 0.1) is 28.7 Å². The Hall–Kier alpha value is -3.21. The summed E-state index contributed by atoms with van der Waals surface area (Å²) in [5, 5.41) is 9.30. The predicted octanol–water partition coefficient (Wildman–Crippen LogP) is 2.50. The molecule has 11 heteroatoms. The zero-order valence-corrected chi connectivity index (χ0v) is 17.6. The van der Waals surface area contributed by atoms with Crippen LogP contribution >= 0.6 is 0 Å². The summed E-state index contributed by atoms with van der Waals surface area (Å²) in [6, 6.07) is 5.39. The molecule has 3 rings (SSSR count). The van der Waals surface area contributed by atoms with Gasteiger partial charge in [0.15, 0.2) is 5.82 Å². The number of aromatic carboxylic acids is 1. The average Bonchev–Trinajstić information content (AvgIpc) is 2.74. The van der Waals surface area contributed by atoms with Crippen LogP contribution in [-0.4, -0.2) is 50.1 Å². The molecule has 0 amide bonds. The number of halogens is 1. The lowest BCUT2D eigenvalue weighted by molar-refractivity contribution is -0.148. The molecule has 1 saturated heterocycles. The van der Waals surface area contributed by atoms with Gasteiger partial charge in [0.1, 0.15) is 5.82 Å². The van der Waals surface area contributed by atoms with Crippen LogP contribution in [0.25, 0.3) is 0 Å². The van der Waals surface area contributed by atoms with Gasteiger partial charge in [-0.25, -0.2) is 22.6 Å². The number of nitrogens with zero attached hydrogens (tertiary/aromatic N) is 2. The summed E-state index contributed by atoms with van der Waals surface area (Å²) in [5.41, 5.74) is -0.256. The molecule has 0 bridgehead atoms. The number of ether oxygens (including phenoxy) is 1. The highest BCUT2D eigenvalue weighted by Gasteiger charge is 2.30. The molecule has 1 aromatic carbocycles. The Morgan fingerprint density at radius 1 is 1.32 bits per heavy atom. The van der Waals surface area contributed by atoms with Crippen molar-refractivity contribution in [2.75, 3.05) is 29.3 Å². The quantitative estimate of drug-likeness (QED) is 0.615. The minimum atomic E-state index is -4.14. The monoisotopic (exact) mass is 451 g/mol. The van der Waals surface area contributed by atoms with E-state index in [-0.39, 0.29) is 41.1 Å². The summed E-state index contributed by atoms with van der Waals surface area (Å²) in [7, 11) is -4.14. The van der Waals surface area contributed by atoms with Crippen LogP contribution in [-0.2, 0) is 19.6 Å². The number of piperidine rings is 1. The molecule has 1 atom stereocenters. The molecule has 2 N–H and O–H groups in total. The molecule has 0 unspecified atom stereocenters. The number of rotatable bonds is 7. The molecule has 0 radical (unpaired) electrons. The molecule has 31 heavy (non-hydrogen) atoms. The van der Waals surface area contributed by atoms with Crippen LogP contribution in [0.5, 0.6) is 0 Å². The van der Waals surface area contributed by atoms with Gasteiger partial charge in [-0.05, 0) is 50.1 Å². The number of hydrogen-bond acceptors (Lipinski definition) is 7. The fourth-order valence-electron chi connectivity index (χ4n) is 3.34. The third kappa shape index (κ3) is 5.29. The Morgan fingerprint density at radius 3 is 2.68 bits per heavy atom. The SMILES string of the molecule is CCOC(=O)[C@H]1CCCN(c2ncc(C(=O)O)cc2NS(=O)(=O)c2ccc(F)cc2)C1. The van der Waals surface area contributed by atoms with E-state index in [0.717, 1.165) is 30.5 Å². The molecule has 2 heterocycles. The highest BCUT2D eigenvalue weighted by atomic mass is 32.2. The van der Waals surface area contributed by atoms with Crippen LogP contribution < -0.4 is 9.62 Å². The van der Waals surface area contributed by atoms with Gasteiger partial charge in [0, 0.05) is 19.3 Å². The van der Waals surface area contributed by atoms with Crippen LogP contribution in [0.2, 0.25) is 0 Å². The van der Waals surface area contributed by atoms with Gasteiger partial charge in [0.25, 0.3) is 10.0 Å². The second-order valence-electron chi connectivity index (χ2n) is 7.00. The Morgan fingerprint density at radius 2 is 2.03 bits per heavy atom. The van der Waals surface area contributed by atoms with Crippen molar-refractivity contribution < 1.29 is 32.2 Å². The Kier molecular flexibility index (Phi) is 6.74. The molecule has 0 aliphatic carbocycles. The van der Waals surface area contributed by atoms with E-state index in [1.165, 1.54) is 6.07 Å². The first-order chi connectivity index (χ1) is 14.7. The molecular weight excluding hydrogens is 429 g/mol. The minimum absolute atomic E-state index is 0.0475. The number of carbonyl (C=O) groups excluding carboxylic acids is 1. The van der Waals surface area contributed by atoms with Crippen molar-refractivity contribution in [3.05, 3.63) is 47.9 Å². The number of anilines is 2. The number of carbonyl (C=O) groups is 2. The molecule has 1 aliphatic heterocycles.